The van der Waals surface area contributed by atoms with E-state index in [9.17, 15) is 22.8 Å². The SMILES string of the molecule is C=CC(/C=C/C(=O)OC)=C\C=C\C(=O)OC1CCC(OCCCCC(F)(F)F)CC1. The van der Waals surface area contributed by atoms with Crippen LogP contribution in [0.2, 0.25) is 0 Å². The van der Waals surface area contributed by atoms with Gasteiger partial charge in [-0.3, -0.25) is 0 Å². The molecule has 0 aromatic rings. The summed E-state index contributed by atoms with van der Waals surface area (Å²) in [5, 5.41) is 0. The van der Waals surface area contributed by atoms with Gasteiger partial charge >= 0.3 is 18.1 Å². The average Bonchev–Trinajstić information content (AvgIpc) is 2.70. The number of esters is 2. The first-order valence-corrected chi connectivity index (χ1v) is 9.89. The third-order valence-corrected chi connectivity index (χ3v) is 4.48. The van der Waals surface area contributed by atoms with Crippen molar-refractivity contribution in [1.82, 2.24) is 0 Å². The number of carbonyl (C=O) groups excluding carboxylic acids is 2. The molecular formula is C22H29F3O5. The summed E-state index contributed by atoms with van der Waals surface area (Å²) in [6, 6.07) is 0. The van der Waals surface area contributed by atoms with E-state index >= 15 is 0 Å². The lowest BCUT2D eigenvalue weighted by molar-refractivity contribution is -0.146. The van der Waals surface area contributed by atoms with Crippen LogP contribution in [-0.4, -0.2) is 44.0 Å². The average molecular weight is 430 g/mol. The molecule has 1 fully saturated rings. The second kappa shape index (κ2) is 13.8. The Bertz CT molecular complexity index is 642. The van der Waals surface area contributed by atoms with Crippen LogP contribution >= 0.6 is 0 Å². The summed E-state index contributed by atoms with van der Waals surface area (Å²) >= 11 is 0. The molecule has 1 aliphatic carbocycles. The maximum absolute atomic E-state index is 12.1. The Morgan fingerprint density at radius 2 is 1.67 bits per heavy atom. The van der Waals surface area contributed by atoms with Crippen molar-refractivity contribution >= 4 is 11.9 Å². The molecule has 0 heterocycles. The Morgan fingerprint density at radius 3 is 2.27 bits per heavy atom. The number of hydrogen-bond acceptors (Lipinski definition) is 5. The van der Waals surface area contributed by atoms with Crippen molar-refractivity contribution in [2.24, 2.45) is 0 Å². The predicted molar refractivity (Wildman–Crippen MR) is 107 cm³/mol. The van der Waals surface area contributed by atoms with Crippen LogP contribution in [0, 0.1) is 0 Å². The van der Waals surface area contributed by atoms with Crippen molar-refractivity contribution in [3.8, 4) is 0 Å². The van der Waals surface area contributed by atoms with Gasteiger partial charge in [0.25, 0.3) is 0 Å². The molecule has 0 atom stereocenters. The van der Waals surface area contributed by atoms with Gasteiger partial charge in [-0.25, -0.2) is 9.59 Å². The fourth-order valence-electron chi connectivity index (χ4n) is 2.86. The third kappa shape index (κ3) is 12.3. The Balaban J connectivity index is 2.27. The fraction of sp³-hybridized carbons (Fsp3) is 0.545. The van der Waals surface area contributed by atoms with Crippen LogP contribution in [0.1, 0.15) is 44.9 Å². The van der Waals surface area contributed by atoms with Crippen molar-refractivity contribution in [2.45, 2.75) is 63.3 Å². The molecule has 30 heavy (non-hydrogen) atoms. The Hall–Kier alpha value is -2.35. The van der Waals surface area contributed by atoms with E-state index < -0.39 is 24.5 Å². The zero-order chi connectivity index (χ0) is 22.4. The number of unbranched alkanes of at least 4 members (excludes halogenated alkanes) is 1. The predicted octanol–water partition coefficient (Wildman–Crippen LogP) is 4.99. The summed E-state index contributed by atoms with van der Waals surface area (Å²) in [6.07, 6.45) is 6.79. The Kier molecular flexibility index (Phi) is 11.8. The molecule has 8 heteroatoms. The van der Waals surface area contributed by atoms with Gasteiger partial charge in [-0.1, -0.05) is 24.8 Å². The molecule has 0 amide bonds. The molecule has 1 aliphatic rings. The number of halogens is 3. The second-order valence-corrected chi connectivity index (χ2v) is 6.87. The molecular weight excluding hydrogens is 401 g/mol. The molecule has 0 aromatic heterocycles. The molecule has 168 valence electrons. The molecule has 1 rings (SSSR count). The van der Waals surface area contributed by atoms with E-state index in [4.69, 9.17) is 9.47 Å². The summed E-state index contributed by atoms with van der Waals surface area (Å²) in [4.78, 5) is 23.0. The van der Waals surface area contributed by atoms with E-state index in [0.717, 1.165) is 0 Å². The van der Waals surface area contributed by atoms with Gasteiger partial charge < -0.3 is 14.2 Å². The van der Waals surface area contributed by atoms with E-state index in [-0.39, 0.29) is 18.6 Å². The zero-order valence-electron chi connectivity index (χ0n) is 17.2. The second-order valence-electron chi connectivity index (χ2n) is 6.87. The quantitative estimate of drug-likeness (QED) is 0.200. The molecule has 5 nitrogen and oxygen atoms in total. The van der Waals surface area contributed by atoms with E-state index in [1.54, 1.807) is 6.08 Å². The van der Waals surface area contributed by atoms with Crippen molar-refractivity contribution in [1.29, 1.82) is 0 Å². The number of rotatable bonds is 11. The maximum atomic E-state index is 12.1. The van der Waals surface area contributed by atoms with Gasteiger partial charge in [0, 0.05) is 25.2 Å². The highest BCUT2D eigenvalue weighted by Crippen LogP contribution is 2.25. The van der Waals surface area contributed by atoms with Gasteiger partial charge in [0.15, 0.2) is 0 Å². The number of alkyl halides is 3. The Labute approximate surface area is 175 Å². The molecule has 0 aromatic carbocycles. The molecule has 0 N–H and O–H groups in total. The summed E-state index contributed by atoms with van der Waals surface area (Å²) < 4.78 is 51.8. The first kappa shape index (κ1) is 25.7. The monoisotopic (exact) mass is 430 g/mol. The highest BCUT2D eigenvalue weighted by atomic mass is 19.4. The Morgan fingerprint density at radius 1 is 1.00 bits per heavy atom. The lowest BCUT2D eigenvalue weighted by Gasteiger charge is -2.28. The minimum atomic E-state index is -4.11. The number of methoxy groups -OCH3 is 1. The molecule has 0 bridgehead atoms. The first-order chi connectivity index (χ1) is 14.2. The van der Waals surface area contributed by atoms with Gasteiger partial charge in [-0.2, -0.15) is 13.2 Å². The summed E-state index contributed by atoms with van der Waals surface area (Å²) in [5.74, 6) is -0.963. The minimum absolute atomic E-state index is 0.000983. The largest absolute Gasteiger partial charge is 0.466 e. The van der Waals surface area contributed by atoms with Gasteiger partial charge in [0.1, 0.15) is 6.10 Å². The standard InChI is InChI=1S/C22H29F3O5/c1-3-17(9-14-20(26)28-2)7-6-8-21(27)30-19-12-10-18(11-13-19)29-16-5-4-15-22(23,24)25/h3,6-9,14,18-19H,1,4-5,10-13,15-16H2,2H3/b8-6+,14-9+,17-7+. The molecule has 0 aliphatic heterocycles. The lowest BCUT2D eigenvalue weighted by Crippen LogP contribution is -2.28. The topological polar surface area (TPSA) is 61.8 Å². The van der Waals surface area contributed by atoms with Gasteiger partial charge in [0.2, 0.25) is 0 Å². The van der Waals surface area contributed by atoms with E-state index in [0.29, 0.717) is 44.3 Å². The summed E-state index contributed by atoms with van der Waals surface area (Å²) in [5.41, 5.74) is 0.623. The van der Waals surface area contributed by atoms with Crippen LogP contribution in [0.25, 0.3) is 0 Å². The first-order valence-electron chi connectivity index (χ1n) is 9.89. The highest BCUT2D eigenvalue weighted by molar-refractivity contribution is 5.83. The van der Waals surface area contributed by atoms with Gasteiger partial charge in [0.05, 0.1) is 13.2 Å². The summed E-state index contributed by atoms with van der Waals surface area (Å²) in [6.45, 7) is 3.94. The number of ether oxygens (including phenoxy) is 3. The van der Waals surface area contributed by atoms with E-state index in [2.05, 4.69) is 11.3 Å². The van der Waals surface area contributed by atoms with Gasteiger partial charge in [-0.05, 0) is 50.2 Å². The number of allylic oxidation sites excluding steroid dienone is 5. The third-order valence-electron chi connectivity index (χ3n) is 4.48. The highest BCUT2D eigenvalue weighted by Gasteiger charge is 2.26. The lowest BCUT2D eigenvalue weighted by atomic mass is 9.95. The van der Waals surface area contributed by atoms with Crippen LogP contribution in [0.4, 0.5) is 13.2 Å². The van der Waals surface area contributed by atoms with Crippen LogP contribution in [0.15, 0.2) is 48.6 Å². The fourth-order valence-corrected chi connectivity index (χ4v) is 2.86. The number of carbonyl (C=O) groups is 2. The number of hydrogen-bond donors (Lipinski definition) is 0. The molecule has 0 saturated heterocycles. The zero-order valence-corrected chi connectivity index (χ0v) is 17.2. The van der Waals surface area contributed by atoms with Crippen molar-refractivity contribution in [3.63, 3.8) is 0 Å². The van der Waals surface area contributed by atoms with E-state index in [1.165, 1.54) is 37.5 Å². The molecule has 0 radical (unpaired) electrons. The molecule has 0 spiro atoms. The van der Waals surface area contributed by atoms with Gasteiger partial charge in [-0.15, -0.1) is 0 Å². The smallest absolute Gasteiger partial charge is 0.389 e. The molecule has 1 saturated carbocycles. The van der Waals surface area contributed by atoms with Crippen LogP contribution in [0.5, 0.6) is 0 Å². The molecule has 0 unspecified atom stereocenters. The van der Waals surface area contributed by atoms with Crippen molar-refractivity contribution in [2.75, 3.05) is 13.7 Å². The minimum Gasteiger partial charge on any atom is -0.466 e. The van der Waals surface area contributed by atoms with Crippen molar-refractivity contribution in [3.05, 3.63) is 48.6 Å². The van der Waals surface area contributed by atoms with Crippen LogP contribution < -0.4 is 0 Å². The van der Waals surface area contributed by atoms with Crippen LogP contribution in [0.3, 0.4) is 0 Å². The maximum Gasteiger partial charge on any atom is 0.389 e. The van der Waals surface area contributed by atoms with Crippen LogP contribution in [-0.2, 0) is 23.8 Å². The van der Waals surface area contributed by atoms with Crippen molar-refractivity contribution < 1.29 is 37.0 Å². The normalized spacial score (nSPS) is 20.5. The van der Waals surface area contributed by atoms with E-state index in [1.807, 2.05) is 0 Å². The summed E-state index contributed by atoms with van der Waals surface area (Å²) in [7, 11) is 1.28.